The molecule has 0 radical (unpaired) electrons. The second-order valence-electron chi connectivity index (χ2n) is 10.2. The zero-order valence-electron chi connectivity index (χ0n) is 21.8. The van der Waals surface area contributed by atoms with Crippen molar-refractivity contribution in [1.82, 2.24) is 9.78 Å². The molecule has 1 saturated carbocycles. The van der Waals surface area contributed by atoms with Crippen molar-refractivity contribution in [2.45, 2.75) is 44.7 Å². The summed E-state index contributed by atoms with van der Waals surface area (Å²) in [6, 6.07) is 21.0. The molecule has 8 heteroatoms. The summed E-state index contributed by atoms with van der Waals surface area (Å²) in [7, 11) is 0. The van der Waals surface area contributed by atoms with E-state index >= 15 is 4.39 Å². The fourth-order valence-electron chi connectivity index (χ4n) is 4.90. The van der Waals surface area contributed by atoms with Crippen LogP contribution < -0.4 is 16.8 Å². The summed E-state index contributed by atoms with van der Waals surface area (Å²) in [5.74, 6) is -0.433. The highest BCUT2D eigenvalue weighted by molar-refractivity contribution is 6.03. The molecule has 1 aromatic heterocycles. The summed E-state index contributed by atoms with van der Waals surface area (Å²) < 4.78 is 16.6. The highest BCUT2D eigenvalue weighted by Gasteiger charge is 2.33. The van der Waals surface area contributed by atoms with Gasteiger partial charge in [-0.3, -0.25) is 4.79 Å². The molecule has 1 aliphatic carbocycles. The minimum absolute atomic E-state index is 0.0289. The van der Waals surface area contributed by atoms with Gasteiger partial charge in [0.05, 0.1) is 29.2 Å². The number of hydrogen-bond acceptors (Lipinski definition) is 4. The van der Waals surface area contributed by atoms with Crippen molar-refractivity contribution in [2.24, 2.45) is 17.4 Å². The molecule has 1 aliphatic rings. The summed E-state index contributed by atoms with van der Waals surface area (Å²) in [5, 5.41) is 7.22. The van der Waals surface area contributed by atoms with Crippen molar-refractivity contribution < 1.29 is 9.18 Å². The Morgan fingerprint density at radius 2 is 1.90 bits per heavy atom. The van der Waals surface area contributed by atoms with Gasteiger partial charge >= 0.3 is 0 Å². The van der Waals surface area contributed by atoms with Crippen LogP contribution in [0.2, 0.25) is 0 Å². The lowest BCUT2D eigenvalue weighted by Crippen LogP contribution is -2.38. The lowest BCUT2D eigenvalue weighted by molar-refractivity contribution is 0.101. The molecule has 1 amide bonds. The molecule has 5 N–H and O–H groups in total. The van der Waals surface area contributed by atoms with Gasteiger partial charge in [-0.2, -0.15) is 5.10 Å². The Labute approximate surface area is 227 Å². The van der Waals surface area contributed by atoms with E-state index in [1.807, 2.05) is 36.4 Å². The Hall–Kier alpha value is -4.32. The molecule has 0 aliphatic heterocycles. The first-order valence-electron chi connectivity index (χ1n) is 13.0. The number of carbonyl (C=O) groups excluding carboxylic acids is 1. The van der Waals surface area contributed by atoms with E-state index in [-0.39, 0.29) is 11.4 Å². The van der Waals surface area contributed by atoms with Crippen LogP contribution in [-0.2, 0) is 12.1 Å². The fourth-order valence-corrected chi connectivity index (χ4v) is 4.90. The Kier molecular flexibility index (Phi) is 7.29. The van der Waals surface area contributed by atoms with Crippen LogP contribution in [0.1, 0.15) is 58.6 Å². The third-order valence-corrected chi connectivity index (χ3v) is 7.32. The average molecular weight is 523 g/mol. The van der Waals surface area contributed by atoms with E-state index < -0.39 is 17.3 Å². The summed E-state index contributed by atoms with van der Waals surface area (Å²) in [6.45, 7) is 9.58. The molecule has 0 bridgehead atoms. The maximum absolute atomic E-state index is 15.1. The summed E-state index contributed by atoms with van der Waals surface area (Å²) in [4.78, 5) is 17.0. The molecular formula is C31H31FN6O. The minimum Gasteiger partial charge on any atom is -0.326 e. The van der Waals surface area contributed by atoms with Crippen molar-refractivity contribution in [1.29, 1.82) is 0 Å². The van der Waals surface area contributed by atoms with Crippen LogP contribution in [0.15, 0.2) is 72.8 Å². The van der Waals surface area contributed by atoms with Gasteiger partial charge in [0, 0.05) is 6.54 Å². The predicted octanol–water partition coefficient (Wildman–Crippen LogP) is 5.97. The van der Waals surface area contributed by atoms with E-state index in [1.54, 1.807) is 37.3 Å². The topological polar surface area (TPSA) is 103 Å². The third-order valence-electron chi connectivity index (χ3n) is 7.32. The first kappa shape index (κ1) is 26.3. The molecule has 1 heterocycles. The average Bonchev–Trinajstić information content (AvgIpc) is 3.71. The quantitative estimate of drug-likeness (QED) is 0.236. The van der Waals surface area contributed by atoms with Crippen LogP contribution in [0.5, 0.6) is 0 Å². The number of anilines is 1. The van der Waals surface area contributed by atoms with E-state index in [2.05, 4.69) is 15.3 Å². The number of benzene rings is 3. The van der Waals surface area contributed by atoms with Crippen LogP contribution in [0, 0.1) is 25.2 Å². The highest BCUT2D eigenvalue weighted by Crippen LogP contribution is 2.41. The highest BCUT2D eigenvalue weighted by atomic mass is 19.1. The number of nitrogens with one attached hydrogen (secondary N) is 1. The molecule has 198 valence electrons. The van der Waals surface area contributed by atoms with E-state index in [1.165, 1.54) is 23.6 Å². The molecule has 0 spiro atoms. The number of carbonyl (C=O) groups is 1. The first-order chi connectivity index (χ1) is 18.8. The van der Waals surface area contributed by atoms with Crippen molar-refractivity contribution in [3.8, 4) is 5.69 Å². The predicted molar refractivity (Wildman–Crippen MR) is 150 cm³/mol. The minimum atomic E-state index is -0.947. The van der Waals surface area contributed by atoms with E-state index in [0.717, 1.165) is 17.5 Å². The number of amides is 1. The Balaban J connectivity index is 1.49. The van der Waals surface area contributed by atoms with Gasteiger partial charge < -0.3 is 16.8 Å². The van der Waals surface area contributed by atoms with E-state index in [0.29, 0.717) is 41.5 Å². The number of nitrogens with zero attached hydrogens (tertiary/aromatic N) is 3. The van der Waals surface area contributed by atoms with Crippen LogP contribution in [0.25, 0.3) is 10.5 Å². The maximum Gasteiger partial charge on any atom is 0.274 e. The summed E-state index contributed by atoms with van der Waals surface area (Å²) in [6.07, 6.45) is 3.94. The molecule has 5 rings (SSSR count). The van der Waals surface area contributed by atoms with Gasteiger partial charge in [-0.05, 0) is 72.7 Å². The van der Waals surface area contributed by atoms with Crippen LogP contribution in [0.4, 0.5) is 15.8 Å². The second-order valence-corrected chi connectivity index (χ2v) is 10.2. The van der Waals surface area contributed by atoms with Gasteiger partial charge in [-0.25, -0.2) is 13.9 Å². The van der Waals surface area contributed by atoms with Gasteiger partial charge in [0.15, 0.2) is 5.69 Å². The smallest absolute Gasteiger partial charge is 0.274 e. The zero-order chi connectivity index (χ0) is 27.6. The SMILES string of the molecule is [C-]#[N+]c1cccc(C(N)(CCC2CC2)c2ccc(F)c(NC(=O)c3cc(C)nn3-c3cccc(CN)c3)c2)c1. The van der Waals surface area contributed by atoms with Crippen molar-refractivity contribution in [2.75, 3.05) is 5.32 Å². The Morgan fingerprint density at radius 1 is 1.13 bits per heavy atom. The number of hydrogen-bond donors (Lipinski definition) is 3. The Bertz CT molecular complexity index is 1570. The van der Waals surface area contributed by atoms with E-state index in [9.17, 15) is 4.79 Å². The molecule has 0 saturated heterocycles. The van der Waals surface area contributed by atoms with Crippen LogP contribution in [-0.4, -0.2) is 15.7 Å². The zero-order valence-corrected chi connectivity index (χ0v) is 21.8. The molecular weight excluding hydrogens is 491 g/mol. The monoisotopic (exact) mass is 522 g/mol. The molecule has 4 aromatic rings. The van der Waals surface area contributed by atoms with Gasteiger partial charge in [-0.1, -0.05) is 55.3 Å². The normalized spacial score (nSPS) is 14.4. The van der Waals surface area contributed by atoms with Gasteiger partial charge in [-0.15, -0.1) is 0 Å². The van der Waals surface area contributed by atoms with Gasteiger partial charge in [0.1, 0.15) is 11.5 Å². The van der Waals surface area contributed by atoms with Crippen LogP contribution >= 0.6 is 0 Å². The Morgan fingerprint density at radius 3 is 2.64 bits per heavy atom. The summed E-state index contributed by atoms with van der Waals surface area (Å²) >= 11 is 0. The number of aryl methyl sites for hydroxylation is 1. The number of nitrogens with two attached hydrogens (primary N) is 2. The maximum atomic E-state index is 15.1. The lowest BCUT2D eigenvalue weighted by Gasteiger charge is -2.32. The van der Waals surface area contributed by atoms with Gasteiger partial charge in [0.25, 0.3) is 5.91 Å². The standard InChI is InChI=1S/C31H31FN6O/c1-20-15-29(38(37-20)26-8-3-5-22(16-26)19-33)30(39)36-28-18-24(11-12-27(28)32)31(34,14-13-21-9-10-21)23-6-4-7-25(17-23)35-2/h3-8,11-12,15-18,21H,9-10,13-14,19,33-34H2,1H3,(H,36,39). The van der Waals surface area contributed by atoms with Gasteiger partial charge in [0.2, 0.25) is 0 Å². The second kappa shape index (κ2) is 10.8. The third kappa shape index (κ3) is 5.60. The summed E-state index contributed by atoms with van der Waals surface area (Å²) in [5.41, 5.74) is 16.4. The molecule has 39 heavy (non-hydrogen) atoms. The van der Waals surface area contributed by atoms with Crippen molar-refractivity contribution in [3.63, 3.8) is 0 Å². The largest absolute Gasteiger partial charge is 0.326 e. The molecule has 1 atom stereocenters. The fraction of sp³-hybridized carbons (Fsp3) is 0.258. The van der Waals surface area contributed by atoms with Crippen molar-refractivity contribution >= 4 is 17.3 Å². The molecule has 7 nitrogen and oxygen atoms in total. The van der Waals surface area contributed by atoms with Crippen molar-refractivity contribution in [3.05, 3.63) is 118 Å². The molecule has 1 fully saturated rings. The number of rotatable bonds is 9. The molecule has 3 aromatic carbocycles. The molecule has 1 unspecified atom stereocenters. The van der Waals surface area contributed by atoms with E-state index in [4.69, 9.17) is 18.0 Å². The lowest BCUT2D eigenvalue weighted by atomic mass is 9.79. The number of halogens is 1. The number of aromatic nitrogens is 2. The van der Waals surface area contributed by atoms with Crippen LogP contribution in [0.3, 0.4) is 0 Å². The first-order valence-corrected chi connectivity index (χ1v) is 13.0.